The van der Waals surface area contributed by atoms with Gasteiger partial charge in [0.2, 0.25) is 0 Å². The van der Waals surface area contributed by atoms with Crippen LogP contribution < -0.4 is 11.0 Å². The van der Waals surface area contributed by atoms with Gasteiger partial charge in [0.15, 0.2) is 5.16 Å². The number of hydrogen-bond donors (Lipinski definition) is 2. The van der Waals surface area contributed by atoms with E-state index in [4.69, 9.17) is 11.6 Å². The Labute approximate surface area is 192 Å². The van der Waals surface area contributed by atoms with Crippen molar-refractivity contribution in [1.29, 1.82) is 0 Å². The quantitative estimate of drug-likeness (QED) is 0.195. The molecule has 0 fully saturated rings. The number of nitrogens with one attached hydrogen (secondary N) is 1. The van der Waals surface area contributed by atoms with E-state index < -0.39 is 0 Å². The van der Waals surface area contributed by atoms with Crippen molar-refractivity contribution in [2.75, 3.05) is 5.75 Å². The number of hydrogen-bond acceptors (Lipinski definition) is 6. The topological polar surface area (TPSA) is 96.6 Å². The number of thioether (sulfide) groups is 1. The van der Waals surface area contributed by atoms with E-state index in [1.54, 1.807) is 66.7 Å². The number of rotatable bonds is 6. The summed E-state index contributed by atoms with van der Waals surface area (Å²) in [5.41, 5.74) is 3.99. The first-order valence-electron chi connectivity index (χ1n) is 9.53. The van der Waals surface area contributed by atoms with E-state index in [2.05, 4.69) is 15.5 Å². The summed E-state index contributed by atoms with van der Waals surface area (Å²) in [7, 11) is 0. The molecule has 1 amide bonds. The van der Waals surface area contributed by atoms with Crippen LogP contribution in [0.25, 0.3) is 16.6 Å². The van der Waals surface area contributed by atoms with Crippen LogP contribution in [0.4, 0.5) is 0 Å². The van der Waals surface area contributed by atoms with Gasteiger partial charge in [0.25, 0.3) is 11.5 Å². The molecular formula is C23H17ClN4O3S. The summed E-state index contributed by atoms with van der Waals surface area (Å²) in [5, 5.41) is 14.8. The van der Waals surface area contributed by atoms with Crippen LogP contribution >= 0.6 is 23.4 Å². The molecule has 1 heterocycles. The number of amides is 1. The van der Waals surface area contributed by atoms with Gasteiger partial charge in [-0.15, -0.1) is 0 Å². The van der Waals surface area contributed by atoms with Gasteiger partial charge in [0.1, 0.15) is 5.75 Å². The minimum atomic E-state index is -0.364. The molecule has 4 aromatic rings. The highest BCUT2D eigenvalue weighted by Crippen LogP contribution is 2.22. The lowest BCUT2D eigenvalue weighted by Crippen LogP contribution is -2.24. The molecule has 4 rings (SSSR count). The van der Waals surface area contributed by atoms with Gasteiger partial charge in [-0.2, -0.15) is 5.10 Å². The molecular weight excluding hydrogens is 448 g/mol. The Morgan fingerprint density at radius 1 is 1.12 bits per heavy atom. The van der Waals surface area contributed by atoms with Crippen molar-refractivity contribution in [3.05, 3.63) is 93.7 Å². The molecule has 3 aromatic carbocycles. The Morgan fingerprint density at radius 3 is 2.69 bits per heavy atom. The number of phenols is 1. The zero-order valence-electron chi connectivity index (χ0n) is 16.6. The van der Waals surface area contributed by atoms with Crippen LogP contribution in [0, 0.1) is 0 Å². The van der Waals surface area contributed by atoms with Crippen molar-refractivity contribution in [2.45, 2.75) is 5.16 Å². The molecule has 32 heavy (non-hydrogen) atoms. The second-order valence-electron chi connectivity index (χ2n) is 6.71. The van der Waals surface area contributed by atoms with Crippen LogP contribution in [0.5, 0.6) is 5.75 Å². The first kappa shape index (κ1) is 21.6. The largest absolute Gasteiger partial charge is 0.508 e. The van der Waals surface area contributed by atoms with Crippen molar-refractivity contribution in [3.8, 4) is 11.4 Å². The third-order valence-electron chi connectivity index (χ3n) is 4.44. The maximum Gasteiger partial charge on any atom is 0.266 e. The van der Waals surface area contributed by atoms with Crippen molar-refractivity contribution >= 4 is 46.4 Å². The number of halogens is 1. The molecule has 0 unspecified atom stereocenters. The van der Waals surface area contributed by atoms with Gasteiger partial charge < -0.3 is 5.11 Å². The normalized spacial score (nSPS) is 11.2. The standard InChI is InChI=1S/C23H17ClN4O3S/c24-16-8-10-17(11-9-16)28-22(31)19-6-1-2-7-20(19)26-23(28)32-14-21(30)27-25-13-15-4-3-5-18(29)12-15/h1-13,29H,14H2,(H,27,30)/b25-13-. The molecule has 0 aliphatic heterocycles. The van der Waals surface area contributed by atoms with Gasteiger partial charge in [-0.3, -0.25) is 14.2 Å². The van der Waals surface area contributed by atoms with Crippen LogP contribution in [0.15, 0.2) is 87.8 Å². The molecule has 7 nitrogen and oxygen atoms in total. The Bertz CT molecular complexity index is 1370. The number of aromatic nitrogens is 2. The molecule has 2 N–H and O–H groups in total. The number of carbonyl (C=O) groups excluding carboxylic acids is 1. The van der Waals surface area contributed by atoms with E-state index in [-0.39, 0.29) is 23.0 Å². The number of carbonyl (C=O) groups is 1. The van der Waals surface area contributed by atoms with Gasteiger partial charge in [-0.25, -0.2) is 10.4 Å². The van der Waals surface area contributed by atoms with Crippen LogP contribution in [-0.4, -0.2) is 32.5 Å². The summed E-state index contributed by atoms with van der Waals surface area (Å²) >= 11 is 7.11. The summed E-state index contributed by atoms with van der Waals surface area (Å²) < 4.78 is 1.46. The molecule has 0 radical (unpaired) electrons. The van der Waals surface area contributed by atoms with Gasteiger partial charge in [-0.05, 0) is 54.1 Å². The van der Waals surface area contributed by atoms with Crippen molar-refractivity contribution < 1.29 is 9.90 Å². The van der Waals surface area contributed by atoms with Crippen molar-refractivity contribution in [3.63, 3.8) is 0 Å². The number of nitrogens with zero attached hydrogens (tertiary/aromatic N) is 3. The average Bonchev–Trinajstić information content (AvgIpc) is 2.79. The van der Waals surface area contributed by atoms with Crippen molar-refractivity contribution in [2.24, 2.45) is 5.10 Å². The maximum absolute atomic E-state index is 13.2. The number of phenolic OH excluding ortho intramolecular Hbond substituents is 1. The summed E-state index contributed by atoms with van der Waals surface area (Å²) in [6.07, 6.45) is 1.43. The van der Waals surface area contributed by atoms with Gasteiger partial charge >= 0.3 is 0 Å². The highest BCUT2D eigenvalue weighted by Gasteiger charge is 2.14. The monoisotopic (exact) mass is 464 g/mol. The fourth-order valence-electron chi connectivity index (χ4n) is 2.97. The average molecular weight is 465 g/mol. The maximum atomic E-state index is 13.2. The lowest BCUT2D eigenvalue weighted by Gasteiger charge is -2.13. The number of para-hydroxylation sites is 1. The Hall–Kier alpha value is -3.62. The minimum absolute atomic E-state index is 0.00422. The van der Waals surface area contributed by atoms with E-state index >= 15 is 0 Å². The fourth-order valence-corrected chi connectivity index (χ4v) is 3.90. The summed E-state index contributed by atoms with van der Waals surface area (Å²) in [5.74, 6) is -0.259. The van der Waals surface area contributed by atoms with Crippen LogP contribution in [0.3, 0.4) is 0 Å². The number of benzene rings is 3. The Morgan fingerprint density at radius 2 is 1.91 bits per heavy atom. The molecule has 9 heteroatoms. The van der Waals surface area contributed by atoms with E-state index in [0.29, 0.717) is 32.3 Å². The summed E-state index contributed by atoms with van der Waals surface area (Å²) in [6.45, 7) is 0. The highest BCUT2D eigenvalue weighted by atomic mass is 35.5. The fraction of sp³-hybridized carbons (Fsp3) is 0.0435. The first-order valence-corrected chi connectivity index (χ1v) is 10.9. The number of hydrazone groups is 1. The smallest absolute Gasteiger partial charge is 0.266 e. The molecule has 0 bridgehead atoms. The third-order valence-corrected chi connectivity index (χ3v) is 5.63. The predicted octanol–water partition coefficient (Wildman–Crippen LogP) is 3.99. The highest BCUT2D eigenvalue weighted by molar-refractivity contribution is 7.99. The van der Waals surface area contributed by atoms with E-state index in [1.165, 1.54) is 16.8 Å². The zero-order chi connectivity index (χ0) is 22.5. The molecule has 0 aliphatic carbocycles. The van der Waals surface area contributed by atoms with Crippen LogP contribution in [0.2, 0.25) is 5.02 Å². The lowest BCUT2D eigenvalue weighted by atomic mass is 10.2. The van der Waals surface area contributed by atoms with Gasteiger partial charge in [-0.1, -0.05) is 47.6 Å². The second kappa shape index (κ2) is 9.67. The molecule has 1 aromatic heterocycles. The first-order chi connectivity index (χ1) is 15.5. The molecule has 0 aliphatic rings. The van der Waals surface area contributed by atoms with E-state index in [1.807, 2.05) is 0 Å². The molecule has 160 valence electrons. The Kier molecular flexibility index (Phi) is 6.53. The predicted molar refractivity (Wildman–Crippen MR) is 127 cm³/mol. The SMILES string of the molecule is O=C(CSc1nc2ccccc2c(=O)n1-c1ccc(Cl)cc1)N/N=C\c1cccc(O)c1. The minimum Gasteiger partial charge on any atom is -0.508 e. The van der Waals surface area contributed by atoms with Gasteiger partial charge in [0, 0.05) is 5.02 Å². The number of aromatic hydroxyl groups is 1. The lowest BCUT2D eigenvalue weighted by molar-refractivity contribution is -0.118. The van der Waals surface area contributed by atoms with Crippen LogP contribution in [0.1, 0.15) is 5.56 Å². The molecule has 0 saturated carbocycles. The molecule has 0 spiro atoms. The van der Waals surface area contributed by atoms with E-state index in [9.17, 15) is 14.7 Å². The van der Waals surface area contributed by atoms with Gasteiger partial charge in [0.05, 0.1) is 28.6 Å². The third kappa shape index (κ3) is 4.99. The summed E-state index contributed by atoms with van der Waals surface area (Å²) in [4.78, 5) is 30.0. The van der Waals surface area contributed by atoms with E-state index in [0.717, 1.165) is 11.8 Å². The Balaban J connectivity index is 1.56. The molecule has 0 saturated heterocycles. The zero-order valence-corrected chi connectivity index (χ0v) is 18.2. The number of fused-ring (bicyclic) bond motifs is 1. The summed E-state index contributed by atoms with van der Waals surface area (Å²) in [6, 6.07) is 20.4. The molecule has 0 atom stereocenters. The second-order valence-corrected chi connectivity index (χ2v) is 8.08. The van der Waals surface area contributed by atoms with Crippen molar-refractivity contribution in [1.82, 2.24) is 15.0 Å². The van der Waals surface area contributed by atoms with Crippen LogP contribution in [-0.2, 0) is 4.79 Å².